The summed E-state index contributed by atoms with van der Waals surface area (Å²) in [6.07, 6.45) is 3.22. The number of hydrogen-bond acceptors (Lipinski definition) is 2. The van der Waals surface area contributed by atoms with E-state index < -0.39 is 0 Å². The second-order valence-electron chi connectivity index (χ2n) is 3.86. The summed E-state index contributed by atoms with van der Waals surface area (Å²) >= 11 is 0. The zero-order valence-electron chi connectivity index (χ0n) is 8.84. The summed E-state index contributed by atoms with van der Waals surface area (Å²) in [5, 5.41) is 13.8. The molecule has 78 valence electrons. The molecule has 0 spiro atoms. The van der Waals surface area contributed by atoms with Crippen molar-refractivity contribution in [3.63, 3.8) is 0 Å². The van der Waals surface area contributed by atoms with Crippen LogP contribution >= 0.6 is 0 Å². The van der Waals surface area contributed by atoms with Gasteiger partial charge in [0.25, 0.3) is 5.52 Å². The molecule has 0 radical (unpaired) electrons. The quantitative estimate of drug-likeness (QED) is 0.324. The molecule has 3 rings (SSSR count). The molecule has 0 unspecified atom stereocenters. The molecule has 3 aromatic rings. The van der Waals surface area contributed by atoms with Crippen LogP contribution in [0.5, 0.6) is 0 Å². The highest BCUT2D eigenvalue weighted by molar-refractivity contribution is 6.02. The van der Waals surface area contributed by atoms with Crippen molar-refractivity contribution >= 4 is 21.8 Å². The van der Waals surface area contributed by atoms with Crippen molar-refractivity contribution in [1.29, 1.82) is 0 Å². The first kappa shape index (κ1) is 9.09. The summed E-state index contributed by atoms with van der Waals surface area (Å²) in [6, 6.07) is 9.63. The predicted molar refractivity (Wildman–Crippen MR) is 62.9 cm³/mol. The third-order valence-electron chi connectivity index (χ3n) is 2.82. The van der Waals surface area contributed by atoms with Crippen LogP contribution < -0.4 is 4.73 Å². The highest BCUT2D eigenvalue weighted by atomic mass is 16.5. The predicted octanol–water partition coefficient (Wildman–Crippen LogP) is 2.33. The van der Waals surface area contributed by atoms with Gasteiger partial charge in [-0.25, -0.2) is 4.98 Å². The SMILES string of the molecule is Cc1cc2cccnc2c2c1ccc[n+]2[O-]. The number of benzene rings is 1. The monoisotopic (exact) mass is 210 g/mol. The average molecular weight is 210 g/mol. The Kier molecular flexibility index (Phi) is 1.80. The number of nitrogens with zero attached hydrogens (tertiary/aromatic N) is 2. The van der Waals surface area contributed by atoms with Crippen LogP contribution in [0.4, 0.5) is 0 Å². The first-order chi connectivity index (χ1) is 7.77. The summed E-state index contributed by atoms with van der Waals surface area (Å²) in [6.45, 7) is 2.01. The fourth-order valence-corrected chi connectivity index (χ4v) is 2.08. The van der Waals surface area contributed by atoms with Gasteiger partial charge in [0.05, 0.1) is 5.39 Å². The van der Waals surface area contributed by atoms with Crippen molar-refractivity contribution in [3.8, 4) is 0 Å². The molecular formula is C13H10N2O. The first-order valence-electron chi connectivity index (χ1n) is 5.13. The molecule has 0 bridgehead atoms. The molecule has 2 aromatic heterocycles. The topological polar surface area (TPSA) is 39.8 Å². The molecule has 1 aromatic carbocycles. The van der Waals surface area contributed by atoms with Crippen molar-refractivity contribution in [2.45, 2.75) is 6.92 Å². The molecule has 0 saturated heterocycles. The number of hydrogen-bond donors (Lipinski definition) is 0. The van der Waals surface area contributed by atoms with Crippen molar-refractivity contribution < 1.29 is 4.73 Å². The molecular weight excluding hydrogens is 200 g/mol. The van der Waals surface area contributed by atoms with Crippen LogP contribution in [-0.2, 0) is 0 Å². The van der Waals surface area contributed by atoms with Gasteiger partial charge in [-0.15, -0.1) is 0 Å². The van der Waals surface area contributed by atoms with E-state index in [1.165, 1.54) is 6.20 Å². The maximum Gasteiger partial charge on any atom is 0.250 e. The summed E-state index contributed by atoms with van der Waals surface area (Å²) in [4.78, 5) is 4.29. The molecule has 0 fully saturated rings. The van der Waals surface area contributed by atoms with Crippen LogP contribution in [0.2, 0.25) is 0 Å². The van der Waals surface area contributed by atoms with Gasteiger partial charge >= 0.3 is 0 Å². The van der Waals surface area contributed by atoms with E-state index >= 15 is 0 Å². The van der Waals surface area contributed by atoms with E-state index in [0.29, 0.717) is 5.52 Å². The minimum absolute atomic E-state index is 0.651. The Morgan fingerprint density at radius 3 is 3.00 bits per heavy atom. The first-order valence-corrected chi connectivity index (χ1v) is 5.13. The molecule has 16 heavy (non-hydrogen) atoms. The fourth-order valence-electron chi connectivity index (χ4n) is 2.08. The van der Waals surface area contributed by atoms with E-state index in [9.17, 15) is 5.21 Å². The number of rotatable bonds is 0. The van der Waals surface area contributed by atoms with Crippen LogP contribution in [0.3, 0.4) is 0 Å². The van der Waals surface area contributed by atoms with Crippen molar-refractivity contribution in [1.82, 2.24) is 4.98 Å². The molecule has 0 amide bonds. The lowest BCUT2D eigenvalue weighted by Gasteiger charge is -2.06. The third kappa shape index (κ3) is 1.15. The van der Waals surface area contributed by atoms with Crippen molar-refractivity contribution in [2.24, 2.45) is 0 Å². The number of fused-ring (bicyclic) bond motifs is 3. The third-order valence-corrected chi connectivity index (χ3v) is 2.82. The largest absolute Gasteiger partial charge is 0.618 e. The Bertz CT molecular complexity index is 692. The molecule has 0 N–H and O–H groups in total. The Morgan fingerprint density at radius 2 is 2.12 bits per heavy atom. The van der Waals surface area contributed by atoms with Gasteiger partial charge in [-0.05, 0) is 30.7 Å². The Hall–Kier alpha value is -2.16. The van der Waals surface area contributed by atoms with Gasteiger partial charge in [0.1, 0.15) is 5.52 Å². The Labute approximate surface area is 92.6 Å². The maximum absolute atomic E-state index is 11.8. The van der Waals surface area contributed by atoms with E-state index in [-0.39, 0.29) is 0 Å². The summed E-state index contributed by atoms with van der Waals surface area (Å²) in [5.74, 6) is 0. The zero-order valence-corrected chi connectivity index (χ0v) is 8.84. The molecule has 2 heterocycles. The standard InChI is InChI=1S/C13H10N2O/c1-9-8-10-4-2-6-14-12(10)13-11(9)5-3-7-15(13)16/h2-8H,1H3. The lowest BCUT2D eigenvalue weighted by Crippen LogP contribution is -2.26. The van der Waals surface area contributed by atoms with Gasteiger partial charge in [0.2, 0.25) is 0 Å². The molecule has 0 atom stereocenters. The molecule has 3 nitrogen and oxygen atoms in total. The van der Waals surface area contributed by atoms with Gasteiger partial charge in [0, 0.05) is 17.6 Å². The van der Waals surface area contributed by atoms with Gasteiger partial charge in [-0.1, -0.05) is 6.07 Å². The van der Waals surface area contributed by atoms with E-state index in [0.717, 1.165) is 26.6 Å². The fraction of sp³-hybridized carbons (Fsp3) is 0.0769. The van der Waals surface area contributed by atoms with Crippen molar-refractivity contribution in [2.75, 3.05) is 0 Å². The molecule has 0 aliphatic rings. The van der Waals surface area contributed by atoms with Crippen LogP contribution in [0.15, 0.2) is 42.7 Å². The summed E-state index contributed by atoms with van der Waals surface area (Å²) in [5.41, 5.74) is 2.51. The van der Waals surface area contributed by atoms with E-state index in [1.807, 2.05) is 25.1 Å². The zero-order chi connectivity index (χ0) is 11.1. The second-order valence-corrected chi connectivity index (χ2v) is 3.86. The Balaban J connectivity index is 2.67. The van der Waals surface area contributed by atoms with E-state index in [2.05, 4.69) is 11.1 Å². The minimum atomic E-state index is 0.651. The van der Waals surface area contributed by atoms with Crippen LogP contribution in [0.1, 0.15) is 5.56 Å². The maximum atomic E-state index is 11.8. The normalized spacial score (nSPS) is 11.1. The smallest absolute Gasteiger partial charge is 0.250 e. The molecule has 0 saturated carbocycles. The lowest BCUT2D eigenvalue weighted by molar-refractivity contribution is -0.576. The van der Waals surface area contributed by atoms with Crippen LogP contribution in [0, 0.1) is 12.1 Å². The number of aryl methyl sites for hydroxylation is 1. The van der Waals surface area contributed by atoms with E-state index in [4.69, 9.17) is 0 Å². The summed E-state index contributed by atoms with van der Waals surface area (Å²) < 4.78 is 0.887. The average Bonchev–Trinajstić information content (AvgIpc) is 2.30. The van der Waals surface area contributed by atoms with Gasteiger partial charge in [-0.3, -0.25) is 0 Å². The summed E-state index contributed by atoms with van der Waals surface area (Å²) in [7, 11) is 0. The van der Waals surface area contributed by atoms with Gasteiger partial charge in [-0.2, -0.15) is 4.73 Å². The number of pyridine rings is 2. The molecule has 0 aliphatic heterocycles. The highest BCUT2D eigenvalue weighted by Gasteiger charge is 2.11. The van der Waals surface area contributed by atoms with Crippen LogP contribution in [0.25, 0.3) is 21.8 Å². The highest BCUT2D eigenvalue weighted by Crippen LogP contribution is 2.23. The number of aromatic nitrogens is 2. The molecule has 3 heteroatoms. The van der Waals surface area contributed by atoms with Crippen LogP contribution in [-0.4, -0.2) is 4.98 Å². The van der Waals surface area contributed by atoms with Gasteiger partial charge < -0.3 is 5.21 Å². The lowest BCUT2D eigenvalue weighted by atomic mass is 10.1. The van der Waals surface area contributed by atoms with E-state index in [1.54, 1.807) is 12.3 Å². The van der Waals surface area contributed by atoms with Gasteiger partial charge in [0.15, 0.2) is 6.20 Å². The second kappa shape index (κ2) is 3.17. The Morgan fingerprint density at radius 1 is 1.25 bits per heavy atom. The molecule has 0 aliphatic carbocycles. The van der Waals surface area contributed by atoms with Crippen molar-refractivity contribution in [3.05, 3.63) is 53.5 Å². The minimum Gasteiger partial charge on any atom is -0.618 e.